The highest BCUT2D eigenvalue weighted by Gasteiger charge is 2.41. The summed E-state index contributed by atoms with van der Waals surface area (Å²) in [7, 11) is 0. The number of ether oxygens (including phenoxy) is 1. The van der Waals surface area contributed by atoms with Crippen molar-refractivity contribution >= 4 is 12.0 Å². The number of nitrogens with zero attached hydrogens (tertiary/aromatic N) is 2. The molecular formula is C14H24N2O5. The standard InChI is InChI=1S/C14H24N2O5/c1-2-5-16(12-9-21-8-11(12)13(18)19)14(20)15-6-3-10(17)4-7-15/h10-12,17H,2-9H2,1H3,(H,18,19). The number of aliphatic carboxylic acids is 1. The molecule has 0 radical (unpaired) electrons. The van der Waals surface area contributed by atoms with Crippen LogP contribution in [0, 0.1) is 5.92 Å². The van der Waals surface area contributed by atoms with Crippen molar-refractivity contribution < 1.29 is 24.5 Å². The summed E-state index contributed by atoms with van der Waals surface area (Å²) < 4.78 is 5.28. The number of carbonyl (C=O) groups is 2. The van der Waals surface area contributed by atoms with Crippen LogP contribution in [0.5, 0.6) is 0 Å². The first-order chi connectivity index (χ1) is 10.0. The molecule has 7 heteroatoms. The van der Waals surface area contributed by atoms with Gasteiger partial charge in [-0.25, -0.2) is 4.79 Å². The lowest BCUT2D eigenvalue weighted by molar-refractivity contribution is -0.142. The Morgan fingerprint density at radius 1 is 1.29 bits per heavy atom. The van der Waals surface area contributed by atoms with Crippen molar-refractivity contribution in [1.29, 1.82) is 0 Å². The molecule has 2 saturated heterocycles. The molecule has 2 fully saturated rings. The summed E-state index contributed by atoms with van der Waals surface area (Å²) in [6.07, 6.45) is 1.59. The average molecular weight is 300 g/mol. The molecule has 2 heterocycles. The first-order valence-electron chi connectivity index (χ1n) is 7.58. The van der Waals surface area contributed by atoms with E-state index >= 15 is 0 Å². The van der Waals surface area contributed by atoms with Gasteiger partial charge in [0.25, 0.3) is 0 Å². The maximum Gasteiger partial charge on any atom is 0.320 e. The molecule has 2 aliphatic heterocycles. The number of carbonyl (C=O) groups excluding carboxylic acids is 1. The number of rotatable bonds is 4. The zero-order valence-electron chi connectivity index (χ0n) is 12.4. The van der Waals surface area contributed by atoms with Gasteiger partial charge in [0, 0.05) is 19.6 Å². The lowest BCUT2D eigenvalue weighted by atomic mass is 10.0. The van der Waals surface area contributed by atoms with Gasteiger partial charge in [-0.1, -0.05) is 6.92 Å². The Morgan fingerprint density at radius 3 is 2.52 bits per heavy atom. The maximum absolute atomic E-state index is 12.7. The highest BCUT2D eigenvalue weighted by Crippen LogP contribution is 2.23. The van der Waals surface area contributed by atoms with Gasteiger partial charge in [0.1, 0.15) is 5.92 Å². The van der Waals surface area contributed by atoms with Gasteiger partial charge in [0.2, 0.25) is 0 Å². The van der Waals surface area contributed by atoms with Crippen LogP contribution in [-0.4, -0.2) is 77.0 Å². The third-order valence-electron chi connectivity index (χ3n) is 4.21. The number of piperidine rings is 1. The lowest BCUT2D eigenvalue weighted by Gasteiger charge is -2.37. The summed E-state index contributed by atoms with van der Waals surface area (Å²) in [6.45, 7) is 3.96. The normalized spacial score (nSPS) is 26.9. The molecule has 2 unspecified atom stereocenters. The molecule has 7 nitrogen and oxygen atoms in total. The Kier molecular flexibility index (Phi) is 5.41. The summed E-state index contributed by atoms with van der Waals surface area (Å²) in [6, 6.07) is -0.535. The minimum absolute atomic E-state index is 0.134. The van der Waals surface area contributed by atoms with Crippen LogP contribution in [0.2, 0.25) is 0 Å². The SMILES string of the molecule is CCCN(C(=O)N1CCC(O)CC1)C1COCC1C(=O)O. The second-order valence-electron chi connectivity index (χ2n) is 5.74. The van der Waals surface area contributed by atoms with Crippen molar-refractivity contribution in [1.82, 2.24) is 9.80 Å². The molecule has 0 saturated carbocycles. The van der Waals surface area contributed by atoms with Gasteiger partial charge in [-0.3, -0.25) is 4.79 Å². The van der Waals surface area contributed by atoms with Crippen LogP contribution in [0.4, 0.5) is 4.79 Å². The highest BCUT2D eigenvalue weighted by atomic mass is 16.5. The molecule has 0 aromatic carbocycles. The van der Waals surface area contributed by atoms with Crippen molar-refractivity contribution in [2.45, 2.75) is 38.3 Å². The fourth-order valence-electron chi connectivity index (χ4n) is 2.97. The molecule has 2 rings (SSSR count). The van der Waals surface area contributed by atoms with E-state index < -0.39 is 17.9 Å². The zero-order valence-corrected chi connectivity index (χ0v) is 12.4. The maximum atomic E-state index is 12.7. The summed E-state index contributed by atoms with van der Waals surface area (Å²) in [5, 5.41) is 18.8. The van der Waals surface area contributed by atoms with Crippen molar-refractivity contribution in [2.75, 3.05) is 32.8 Å². The van der Waals surface area contributed by atoms with E-state index in [1.165, 1.54) is 0 Å². The number of urea groups is 1. The molecule has 0 aromatic heterocycles. The van der Waals surface area contributed by atoms with Crippen molar-refractivity contribution in [3.63, 3.8) is 0 Å². The number of aliphatic hydroxyl groups excluding tert-OH is 1. The fourth-order valence-corrected chi connectivity index (χ4v) is 2.97. The second-order valence-corrected chi connectivity index (χ2v) is 5.74. The number of hydrogen-bond acceptors (Lipinski definition) is 4. The van der Waals surface area contributed by atoms with E-state index in [-0.39, 0.29) is 25.3 Å². The van der Waals surface area contributed by atoms with E-state index in [0.29, 0.717) is 32.5 Å². The van der Waals surface area contributed by atoms with Crippen LogP contribution in [-0.2, 0) is 9.53 Å². The van der Waals surface area contributed by atoms with E-state index in [1.54, 1.807) is 9.80 Å². The molecule has 2 N–H and O–H groups in total. The van der Waals surface area contributed by atoms with E-state index in [0.717, 1.165) is 6.42 Å². The minimum Gasteiger partial charge on any atom is -0.481 e. The predicted molar refractivity (Wildman–Crippen MR) is 74.9 cm³/mol. The van der Waals surface area contributed by atoms with Crippen LogP contribution in [0.15, 0.2) is 0 Å². The molecular weight excluding hydrogens is 276 g/mol. The molecule has 0 aromatic rings. The first kappa shape index (κ1) is 16.0. The summed E-state index contributed by atoms with van der Waals surface area (Å²) in [5.41, 5.74) is 0. The monoisotopic (exact) mass is 300 g/mol. The van der Waals surface area contributed by atoms with Gasteiger partial charge in [-0.05, 0) is 19.3 Å². The summed E-state index contributed by atoms with van der Waals surface area (Å²) in [4.78, 5) is 27.3. The Bertz CT molecular complexity index is 382. The Labute approximate surface area is 124 Å². The van der Waals surface area contributed by atoms with Crippen molar-refractivity contribution in [3.8, 4) is 0 Å². The largest absolute Gasteiger partial charge is 0.481 e. The van der Waals surface area contributed by atoms with Crippen LogP contribution in [0.3, 0.4) is 0 Å². The summed E-state index contributed by atoms with van der Waals surface area (Å²) >= 11 is 0. The molecule has 21 heavy (non-hydrogen) atoms. The number of hydrogen-bond donors (Lipinski definition) is 2. The van der Waals surface area contributed by atoms with Crippen LogP contribution in [0.25, 0.3) is 0 Å². The Balaban J connectivity index is 2.07. The Hall–Kier alpha value is -1.34. The lowest BCUT2D eigenvalue weighted by Crippen LogP contribution is -2.54. The van der Waals surface area contributed by atoms with Crippen molar-refractivity contribution in [3.05, 3.63) is 0 Å². The number of carboxylic acid groups (broad SMARTS) is 1. The molecule has 2 aliphatic rings. The topological polar surface area (TPSA) is 90.3 Å². The third-order valence-corrected chi connectivity index (χ3v) is 4.21. The first-order valence-corrected chi connectivity index (χ1v) is 7.58. The summed E-state index contributed by atoms with van der Waals surface area (Å²) in [5.74, 6) is -1.57. The minimum atomic E-state index is -0.916. The molecule has 0 bridgehead atoms. The van der Waals surface area contributed by atoms with Gasteiger partial charge >= 0.3 is 12.0 Å². The highest BCUT2D eigenvalue weighted by molar-refractivity contribution is 5.77. The van der Waals surface area contributed by atoms with E-state index in [4.69, 9.17) is 4.74 Å². The van der Waals surface area contributed by atoms with Crippen LogP contribution >= 0.6 is 0 Å². The van der Waals surface area contributed by atoms with Gasteiger partial charge in [-0.15, -0.1) is 0 Å². The Morgan fingerprint density at radius 2 is 1.95 bits per heavy atom. The third kappa shape index (κ3) is 3.65. The number of carboxylic acids is 1. The molecule has 2 amide bonds. The molecule has 0 spiro atoms. The van der Waals surface area contributed by atoms with Gasteiger partial charge in [0.15, 0.2) is 0 Å². The van der Waals surface area contributed by atoms with Crippen LogP contribution in [0.1, 0.15) is 26.2 Å². The van der Waals surface area contributed by atoms with Gasteiger partial charge < -0.3 is 24.7 Å². The average Bonchev–Trinajstić information content (AvgIpc) is 2.94. The zero-order chi connectivity index (χ0) is 15.4. The number of amides is 2. The second kappa shape index (κ2) is 7.09. The van der Waals surface area contributed by atoms with Crippen molar-refractivity contribution in [2.24, 2.45) is 5.92 Å². The van der Waals surface area contributed by atoms with Crippen LogP contribution < -0.4 is 0 Å². The van der Waals surface area contributed by atoms with Gasteiger partial charge in [-0.2, -0.15) is 0 Å². The molecule has 0 aliphatic carbocycles. The smallest absolute Gasteiger partial charge is 0.320 e. The fraction of sp³-hybridized carbons (Fsp3) is 0.857. The number of likely N-dealkylation sites (tertiary alicyclic amines) is 1. The van der Waals surface area contributed by atoms with E-state index in [9.17, 15) is 19.8 Å². The quantitative estimate of drug-likeness (QED) is 0.783. The van der Waals surface area contributed by atoms with E-state index in [1.807, 2.05) is 6.92 Å². The molecule has 2 atom stereocenters. The molecule has 120 valence electrons. The predicted octanol–water partition coefficient (Wildman–Crippen LogP) is 0.375. The van der Waals surface area contributed by atoms with E-state index in [2.05, 4.69) is 0 Å². The van der Waals surface area contributed by atoms with Gasteiger partial charge in [0.05, 0.1) is 25.4 Å². The number of aliphatic hydroxyl groups is 1.